The summed E-state index contributed by atoms with van der Waals surface area (Å²) >= 11 is 3.70. The first kappa shape index (κ1) is 12.9. The molecule has 0 spiro atoms. The van der Waals surface area contributed by atoms with Crippen molar-refractivity contribution in [1.29, 1.82) is 0 Å². The molecule has 1 aliphatic rings. The number of nitrogens with one attached hydrogen (secondary N) is 1. The van der Waals surface area contributed by atoms with Gasteiger partial charge >= 0.3 is 0 Å². The van der Waals surface area contributed by atoms with Crippen molar-refractivity contribution in [2.45, 2.75) is 25.8 Å². The minimum Gasteiger partial charge on any atom is -0.314 e. The standard InChI is InChI=1S/C15H18BrN3/c1-17-9-13-14(16)15(18-19(13)2)12-7-6-10-4-3-5-11(10)8-12/h6-8,17H,3-5,9H2,1-2H3. The molecule has 1 aliphatic carbocycles. The summed E-state index contributed by atoms with van der Waals surface area (Å²) in [5.41, 5.74) is 6.43. The summed E-state index contributed by atoms with van der Waals surface area (Å²) in [5.74, 6) is 0. The van der Waals surface area contributed by atoms with E-state index in [0.717, 1.165) is 16.7 Å². The maximum absolute atomic E-state index is 4.65. The molecule has 1 aromatic heterocycles. The molecule has 2 aromatic rings. The van der Waals surface area contributed by atoms with Crippen molar-refractivity contribution >= 4 is 15.9 Å². The predicted molar refractivity (Wildman–Crippen MR) is 81.1 cm³/mol. The number of rotatable bonds is 3. The molecule has 0 unspecified atom stereocenters. The molecule has 1 N–H and O–H groups in total. The molecule has 1 aromatic carbocycles. The van der Waals surface area contributed by atoms with Crippen LogP contribution in [0.1, 0.15) is 23.2 Å². The Morgan fingerprint density at radius 1 is 1.32 bits per heavy atom. The molecular formula is C15H18BrN3. The average Bonchev–Trinajstić information content (AvgIpc) is 2.97. The molecule has 0 saturated carbocycles. The number of hydrogen-bond donors (Lipinski definition) is 1. The summed E-state index contributed by atoms with van der Waals surface area (Å²) in [4.78, 5) is 0. The highest BCUT2D eigenvalue weighted by atomic mass is 79.9. The second-order valence-corrected chi connectivity index (χ2v) is 5.89. The molecule has 3 rings (SSSR count). The number of benzene rings is 1. The van der Waals surface area contributed by atoms with E-state index in [4.69, 9.17) is 0 Å². The first-order chi connectivity index (χ1) is 9.20. The highest BCUT2D eigenvalue weighted by Crippen LogP contribution is 2.33. The topological polar surface area (TPSA) is 29.9 Å². The molecule has 0 radical (unpaired) electrons. The van der Waals surface area contributed by atoms with Gasteiger partial charge in [0.15, 0.2) is 0 Å². The van der Waals surface area contributed by atoms with Crippen LogP contribution in [-0.2, 0) is 26.4 Å². The molecule has 0 amide bonds. The zero-order chi connectivity index (χ0) is 13.4. The molecule has 0 aliphatic heterocycles. The Morgan fingerprint density at radius 3 is 2.89 bits per heavy atom. The maximum atomic E-state index is 4.65. The Labute approximate surface area is 122 Å². The Hall–Kier alpha value is -1.13. The first-order valence-electron chi connectivity index (χ1n) is 6.69. The van der Waals surface area contributed by atoms with Gasteiger partial charge in [-0.3, -0.25) is 4.68 Å². The van der Waals surface area contributed by atoms with Crippen LogP contribution in [0.5, 0.6) is 0 Å². The highest BCUT2D eigenvalue weighted by Gasteiger charge is 2.17. The third-order valence-corrected chi connectivity index (χ3v) is 4.65. The van der Waals surface area contributed by atoms with Gasteiger partial charge in [0, 0.05) is 19.2 Å². The smallest absolute Gasteiger partial charge is 0.107 e. The summed E-state index contributed by atoms with van der Waals surface area (Å²) < 4.78 is 3.05. The normalized spacial score (nSPS) is 13.8. The number of fused-ring (bicyclic) bond motifs is 1. The van der Waals surface area contributed by atoms with Gasteiger partial charge in [-0.2, -0.15) is 5.10 Å². The van der Waals surface area contributed by atoms with E-state index in [9.17, 15) is 0 Å². The van der Waals surface area contributed by atoms with Crippen molar-refractivity contribution in [3.05, 3.63) is 39.5 Å². The van der Waals surface area contributed by atoms with Gasteiger partial charge in [-0.1, -0.05) is 12.1 Å². The van der Waals surface area contributed by atoms with E-state index in [0.29, 0.717) is 0 Å². The molecule has 1 heterocycles. The number of halogens is 1. The van der Waals surface area contributed by atoms with Crippen LogP contribution in [0.15, 0.2) is 22.7 Å². The molecule has 19 heavy (non-hydrogen) atoms. The molecular weight excluding hydrogens is 302 g/mol. The van der Waals surface area contributed by atoms with Crippen LogP contribution in [0.25, 0.3) is 11.3 Å². The van der Waals surface area contributed by atoms with E-state index in [-0.39, 0.29) is 0 Å². The van der Waals surface area contributed by atoms with E-state index in [1.165, 1.54) is 41.6 Å². The molecule has 0 fully saturated rings. The Morgan fingerprint density at radius 2 is 2.11 bits per heavy atom. The fourth-order valence-electron chi connectivity index (χ4n) is 2.80. The maximum Gasteiger partial charge on any atom is 0.107 e. The minimum atomic E-state index is 0.815. The van der Waals surface area contributed by atoms with E-state index in [1.807, 2.05) is 18.8 Å². The lowest BCUT2D eigenvalue weighted by Gasteiger charge is -2.03. The fourth-order valence-corrected chi connectivity index (χ4v) is 3.50. The van der Waals surface area contributed by atoms with Crippen molar-refractivity contribution in [2.75, 3.05) is 7.05 Å². The largest absolute Gasteiger partial charge is 0.314 e. The molecule has 0 saturated heterocycles. The van der Waals surface area contributed by atoms with E-state index in [2.05, 4.69) is 44.5 Å². The van der Waals surface area contributed by atoms with E-state index < -0.39 is 0 Å². The van der Waals surface area contributed by atoms with Gasteiger partial charge in [0.1, 0.15) is 5.69 Å². The lowest BCUT2D eigenvalue weighted by molar-refractivity contribution is 0.671. The lowest BCUT2D eigenvalue weighted by atomic mass is 10.0. The third kappa shape index (κ3) is 2.23. The Kier molecular flexibility index (Phi) is 3.46. The fraction of sp³-hybridized carbons (Fsp3) is 0.400. The van der Waals surface area contributed by atoms with Crippen LogP contribution in [0.4, 0.5) is 0 Å². The number of hydrogen-bond acceptors (Lipinski definition) is 2. The van der Waals surface area contributed by atoms with Crippen LogP contribution >= 0.6 is 15.9 Å². The summed E-state index contributed by atoms with van der Waals surface area (Å²) in [5, 5.41) is 7.84. The number of aromatic nitrogens is 2. The minimum absolute atomic E-state index is 0.815. The lowest BCUT2D eigenvalue weighted by Crippen LogP contribution is -2.10. The monoisotopic (exact) mass is 319 g/mol. The highest BCUT2D eigenvalue weighted by molar-refractivity contribution is 9.10. The average molecular weight is 320 g/mol. The van der Waals surface area contributed by atoms with Gasteiger partial charge < -0.3 is 5.32 Å². The van der Waals surface area contributed by atoms with E-state index >= 15 is 0 Å². The zero-order valence-corrected chi connectivity index (χ0v) is 12.9. The van der Waals surface area contributed by atoms with Crippen LogP contribution in [0.3, 0.4) is 0 Å². The Bertz CT molecular complexity index is 616. The quantitative estimate of drug-likeness (QED) is 0.942. The predicted octanol–water partition coefficient (Wildman–Crippen LogP) is 3.06. The second-order valence-electron chi connectivity index (χ2n) is 5.10. The molecule has 0 atom stereocenters. The summed E-state index contributed by atoms with van der Waals surface area (Å²) in [6.45, 7) is 0.815. The second kappa shape index (κ2) is 5.10. The van der Waals surface area contributed by atoms with Crippen molar-refractivity contribution in [3.8, 4) is 11.3 Å². The molecule has 100 valence electrons. The molecule has 4 heteroatoms. The third-order valence-electron chi connectivity index (χ3n) is 3.82. The van der Waals surface area contributed by atoms with Crippen molar-refractivity contribution < 1.29 is 0 Å². The molecule has 3 nitrogen and oxygen atoms in total. The van der Waals surface area contributed by atoms with Gasteiger partial charge in [-0.05, 0) is 59.4 Å². The van der Waals surface area contributed by atoms with Crippen LogP contribution in [0, 0.1) is 0 Å². The first-order valence-corrected chi connectivity index (χ1v) is 7.48. The van der Waals surface area contributed by atoms with Gasteiger partial charge in [-0.15, -0.1) is 0 Å². The number of nitrogens with zero attached hydrogens (tertiary/aromatic N) is 2. The van der Waals surface area contributed by atoms with Crippen molar-refractivity contribution in [2.24, 2.45) is 7.05 Å². The SMILES string of the molecule is CNCc1c(Br)c(-c2ccc3c(c2)CCC3)nn1C. The Balaban J connectivity index is 2.05. The van der Waals surface area contributed by atoms with Crippen molar-refractivity contribution in [1.82, 2.24) is 15.1 Å². The van der Waals surface area contributed by atoms with Gasteiger partial charge in [0.25, 0.3) is 0 Å². The van der Waals surface area contributed by atoms with Gasteiger partial charge in [0.2, 0.25) is 0 Å². The molecule has 0 bridgehead atoms. The summed E-state index contributed by atoms with van der Waals surface area (Å²) in [7, 11) is 3.95. The zero-order valence-electron chi connectivity index (χ0n) is 11.3. The summed E-state index contributed by atoms with van der Waals surface area (Å²) in [6.07, 6.45) is 3.72. The van der Waals surface area contributed by atoms with Crippen LogP contribution < -0.4 is 5.32 Å². The van der Waals surface area contributed by atoms with Gasteiger partial charge in [0.05, 0.1) is 10.2 Å². The van der Waals surface area contributed by atoms with Gasteiger partial charge in [-0.25, -0.2) is 0 Å². The van der Waals surface area contributed by atoms with Crippen LogP contribution in [-0.4, -0.2) is 16.8 Å². The number of aryl methyl sites for hydroxylation is 3. The van der Waals surface area contributed by atoms with E-state index in [1.54, 1.807) is 0 Å². The van der Waals surface area contributed by atoms with Crippen LogP contribution in [0.2, 0.25) is 0 Å². The summed E-state index contributed by atoms with van der Waals surface area (Å²) in [6, 6.07) is 6.76. The van der Waals surface area contributed by atoms with Crippen molar-refractivity contribution in [3.63, 3.8) is 0 Å².